The van der Waals surface area contributed by atoms with Gasteiger partial charge in [-0.3, -0.25) is 0 Å². The highest BCUT2D eigenvalue weighted by molar-refractivity contribution is 14.1. The number of ether oxygens (including phenoxy) is 2. The highest BCUT2D eigenvalue weighted by Crippen LogP contribution is 2.18. The molecule has 6 heteroatoms. The number of methoxy groups -OCH3 is 1. The first-order chi connectivity index (χ1) is 9.31. The number of esters is 1. The number of hydrogen-bond donors (Lipinski definition) is 1. The second-order valence-electron chi connectivity index (χ2n) is 4.66. The summed E-state index contributed by atoms with van der Waals surface area (Å²) in [5, 5.41) is 2.53. The predicted octanol–water partition coefficient (Wildman–Crippen LogP) is 2.67. The van der Waals surface area contributed by atoms with Crippen LogP contribution in [0, 0.1) is 0 Å². The van der Waals surface area contributed by atoms with Crippen molar-refractivity contribution in [3.8, 4) is 0 Å². The van der Waals surface area contributed by atoms with Crippen molar-refractivity contribution in [2.24, 2.45) is 0 Å². The Kier molecular flexibility index (Phi) is 6.25. The van der Waals surface area contributed by atoms with Gasteiger partial charge in [-0.1, -0.05) is 30.3 Å². The maximum atomic E-state index is 11.7. The first-order valence-electron chi connectivity index (χ1n) is 6.12. The maximum absolute atomic E-state index is 11.7. The molecule has 1 amide bonds. The van der Waals surface area contributed by atoms with Gasteiger partial charge in [0.05, 0.1) is 7.11 Å². The largest absolute Gasteiger partial charge is 0.467 e. The number of carbonyl (C=O) groups excluding carboxylic acids is 2. The molecule has 1 aromatic rings. The zero-order valence-electron chi connectivity index (χ0n) is 11.7. The summed E-state index contributed by atoms with van der Waals surface area (Å²) >= 11 is 1.99. The van der Waals surface area contributed by atoms with Crippen molar-refractivity contribution in [3.63, 3.8) is 0 Å². The van der Waals surface area contributed by atoms with Gasteiger partial charge in [-0.15, -0.1) is 0 Å². The van der Waals surface area contributed by atoms with Crippen molar-refractivity contribution in [2.75, 3.05) is 7.11 Å². The van der Waals surface area contributed by atoms with E-state index in [0.29, 0.717) is 6.42 Å². The molecule has 110 valence electrons. The third-order valence-corrected chi connectivity index (χ3v) is 2.62. The van der Waals surface area contributed by atoms with Crippen LogP contribution in [0.25, 0.3) is 0 Å². The van der Waals surface area contributed by atoms with Gasteiger partial charge in [0.1, 0.15) is 6.04 Å². The van der Waals surface area contributed by atoms with E-state index in [0.717, 1.165) is 5.56 Å². The molecular formula is C14H18INO4. The minimum absolute atomic E-state index is 0.351. The Balaban J connectivity index is 2.70. The summed E-state index contributed by atoms with van der Waals surface area (Å²) in [6.07, 6.45) is -0.291. The van der Waals surface area contributed by atoms with Crippen molar-refractivity contribution < 1.29 is 19.1 Å². The number of alkyl halides is 1. The predicted molar refractivity (Wildman–Crippen MR) is 83.7 cm³/mol. The van der Waals surface area contributed by atoms with Crippen LogP contribution in [0.15, 0.2) is 30.3 Å². The van der Waals surface area contributed by atoms with Crippen LogP contribution in [0.1, 0.15) is 19.4 Å². The molecule has 0 fully saturated rings. The second kappa shape index (κ2) is 7.47. The van der Waals surface area contributed by atoms with Gasteiger partial charge in [0.25, 0.3) is 0 Å². The van der Waals surface area contributed by atoms with Gasteiger partial charge >= 0.3 is 12.1 Å². The molecule has 1 atom stereocenters. The SMILES string of the molecule is COC(=O)[C@@H](Cc1ccccc1)NC(=O)OC(C)(C)I. The van der Waals surface area contributed by atoms with Gasteiger partial charge in [-0.25, -0.2) is 9.59 Å². The van der Waals surface area contributed by atoms with E-state index in [2.05, 4.69) is 5.32 Å². The van der Waals surface area contributed by atoms with E-state index in [4.69, 9.17) is 9.47 Å². The van der Waals surface area contributed by atoms with Crippen LogP contribution in [0.2, 0.25) is 0 Å². The van der Waals surface area contributed by atoms with Crippen molar-refractivity contribution in [1.82, 2.24) is 5.32 Å². The number of benzene rings is 1. The third kappa shape index (κ3) is 6.23. The van der Waals surface area contributed by atoms with E-state index in [1.165, 1.54) is 7.11 Å². The maximum Gasteiger partial charge on any atom is 0.409 e. The summed E-state index contributed by atoms with van der Waals surface area (Å²) in [6, 6.07) is 8.62. The molecule has 0 heterocycles. The Morgan fingerprint density at radius 2 is 1.90 bits per heavy atom. The van der Waals surface area contributed by atoms with Crippen LogP contribution in [0.3, 0.4) is 0 Å². The lowest BCUT2D eigenvalue weighted by Crippen LogP contribution is -2.44. The van der Waals surface area contributed by atoms with Gasteiger partial charge in [0, 0.05) is 6.42 Å². The Morgan fingerprint density at radius 3 is 2.40 bits per heavy atom. The fourth-order valence-electron chi connectivity index (χ4n) is 1.58. The third-order valence-electron chi connectivity index (χ3n) is 2.40. The minimum atomic E-state index is -0.770. The number of rotatable bonds is 5. The topological polar surface area (TPSA) is 64.6 Å². The molecule has 0 bridgehead atoms. The van der Waals surface area contributed by atoms with E-state index in [-0.39, 0.29) is 0 Å². The van der Waals surface area contributed by atoms with Gasteiger partial charge in [-0.2, -0.15) is 0 Å². The Hall–Kier alpha value is -1.31. The van der Waals surface area contributed by atoms with Crippen LogP contribution in [0.4, 0.5) is 4.79 Å². The smallest absolute Gasteiger partial charge is 0.409 e. The quantitative estimate of drug-likeness (QED) is 0.476. The van der Waals surface area contributed by atoms with E-state index in [1.54, 1.807) is 13.8 Å². The molecule has 1 rings (SSSR count). The number of halogens is 1. The molecule has 1 N–H and O–H groups in total. The number of alkyl carbamates (subject to hydrolysis) is 1. The zero-order chi connectivity index (χ0) is 15.2. The van der Waals surface area contributed by atoms with Crippen molar-refractivity contribution in [1.29, 1.82) is 0 Å². The van der Waals surface area contributed by atoms with Crippen LogP contribution in [-0.2, 0) is 20.7 Å². The van der Waals surface area contributed by atoms with Crippen LogP contribution >= 0.6 is 22.6 Å². The molecule has 5 nitrogen and oxygen atoms in total. The summed E-state index contributed by atoms with van der Waals surface area (Å²) in [5.74, 6) is -0.503. The van der Waals surface area contributed by atoms with Crippen molar-refractivity contribution in [2.45, 2.75) is 29.9 Å². The molecule has 1 aromatic carbocycles. The summed E-state index contributed by atoms with van der Waals surface area (Å²) < 4.78 is 9.19. The second-order valence-corrected chi connectivity index (χ2v) is 7.26. The van der Waals surface area contributed by atoms with E-state index in [9.17, 15) is 9.59 Å². The molecule has 0 aliphatic carbocycles. The zero-order valence-corrected chi connectivity index (χ0v) is 13.8. The van der Waals surface area contributed by atoms with Crippen molar-refractivity contribution >= 4 is 34.7 Å². The fourth-order valence-corrected chi connectivity index (χ4v) is 1.78. The normalized spacial score (nSPS) is 12.4. The van der Waals surface area contributed by atoms with Crippen LogP contribution in [0.5, 0.6) is 0 Å². The summed E-state index contributed by atoms with van der Waals surface area (Å²) in [5.41, 5.74) is 0.928. The Labute approximate surface area is 132 Å². The molecule has 0 saturated heterocycles. The monoisotopic (exact) mass is 391 g/mol. The summed E-state index contributed by atoms with van der Waals surface area (Å²) in [6.45, 7) is 3.50. The molecule has 0 aromatic heterocycles. The highest BCUT2D eigenvalue weighted by atomic mass is 127. The average Bonchev–Trinajstić information content (AvgIpc) is 2.36. The molecule has 0 unspecified atom stereocenters. The Bertz CT molecular complexity index is 456. The average molecular weight is 391 g/mol. The summed E-state index contributed by atoms with van der Waals surface area (Å²) in [4.78, 5) is 23.5. The van der Waals surface area contributed by atoms with Gasteiger partial charge in [0.15, 0.2) is 3.61 Å². The highest BCUT2D eigenvalue weighted by Gasteiger charge is 2.25. The molecule has 0 radical (unpaired) electrons. The number of carbonyl (C=O) groups is 2. The molecule has 0 aliphatic heterocycles. The van der Waals surface area contributed by atoms with Crippen LogP contribution < -0.4 is 5.32 Å². The van der Waals surface area contributed by atoms with Gasteiger partial charge in [0.2, 0.25) is 0 Å². The van der Waals surface area contributed by atoms with E-state index in [1.807, 2.05) is 52.9 Å². The standard InChI is InChI=1S/C14H18INO4/c1-14(2,15)20-13(18)16-11(12(17)19-3)9-10-7-5-4-6-8-10/h4-8,11H,9H2,1-3H3,(H,16,18)/t11-/m1/s1. The first-order valence-corrected chi connectivity index (χ1v) is 7.20. The molecule has 20 heavy (non-hydrogen) atoms. The summed E-state index contributed by atoms with van der Waals surface area (Å²) in [7, 11) is 1.29. The van der Waals surface area contributed by atoms with Gasteiger partial charge < -0.3 is 14.8 Å². The van der Waals surface area contributed by atoms with Crippen LogP contribution in [-0.4, -0.2) is 28.8 Å². The lowest BCUT2D eigenvalue weighted by Gasteiger charge is -2.21. The molecule has 0 spiro atoms. The number of amides is 1. The Morgan fingerprint density at radius 1 is 1.30 bits per heavy atom. The van der Waals surface area contributed by atoms with Crippen molar-refractivity contribution in [3.05, 3.63) is 35.9 Å². The first kappa shape index (κ1) is 16.7. The number of hydrogen-bond acceptors (Lipinski definition) is 4. The van der Waals surface area contributed by atoms with E-state index < -0.39 is 21.7 Å². The molecule has 0 aliphatic rings. The number of nitrogens with one attached hydrogen (secondary N) is 1. The lowest BCUT2D eigenvalue weighted by molar-refractivity contribution is -0.143. The van der Waals surface area contributed by atoms with E-state index >= 15 is 0 Å². The lowest BCUT2D eigenvalue weighted by atomic mass is 10.1. The van der Waals surface area contributed by atoms with Gasteiger partial charge in [-0.05, 0) is 42.0 Å². The molecule has 0 saturated carbocycles. The fraction of sp³-hybridized carbons (Fsp3) is 0.429. The molecular weight excluding hydrogens is 373 g/mol. The minimum Gasteiger partial charge on any atom is -0.467 e.